The van der Waals surface area contributed by atoms with Crippen molar-refractivity contribution >= 4 is 45.9 Å². The number of rotatable bonds is 3. The van der Waals surface area contributed by atoms with Crippen LogP contribution >= 0.6 is 23.2 Å². The van der Waals surface area contributed by atoms with Gasteiger partial charge in [0.1, 0.15) is 17.3 Å². The summed E-state index contributed by atoms with van der Waals surface area (Å²) in [6.45, 7) is 1.83. The molecular weight excluding hydrogens is 409 g/mol. The smallest absolute Gasteiger partial charge is 0.266 e. The molecule has 5 nitrogen and oxygen atoms in total. The summed E-state index contributed by atoms with van der Waals surface area (Å²) in [5.74, 6) is 0.105. The quantitative estimate of drug-likeness (QED) is 0.444. The average Bonchev–Trinajstić information content (AvgIpc) is 2.70. The Labute approximate surface area is 176 Å². The Morgan fingerprint density at radius 1 is 1.03 bits per heavy atom. The van der Waals surface area contributed by atoms with E-state index < -0.39 is 0 Å². The van der Waals surface area contributed by atoms with Crippen molar-refractivity contribution in [2.75, 3.05) is 0 Å². The van der Waals surface area contributed by atoms with E-state index >= 15 is 0 Å². The van der Waals surface area contributed by atoms with Crippen molar-refractivity contribution in [3.8, 4) is 5.69 Å². The number of pyridine rings is 1. The third-order valence-electron chi connectivity index (χ3n) is 4.37. The van der Waals surface area contributed by atoms with Gasteiger partial charge in [-0.2, -0.15) is 0 Å². The maximum atomic E-state index is 13.3. The van der Waals surface area contributed by atoms with Crippen molar-refractivity contribution in [3.05, 3.63) is 98.3 Å². The van der Waals surface area contributed by atoms with E-state index in [4.69, 9.17) is 23.2 Å². The van der Waals surface area contributed by atoms with Crippen LogP contribution in [0.25, 0.3) is 28.4 Å². The number of hydrogen-bond donors (Lipinski definition) is 1. The van der Waals surface area contributed by atoms with Gasteiger partial charge in [-0.3, -0.25) is 9.36 Å². The van der Waals surface area contributed by atoms with Crippen LogP contribution in [0.5, 0.6) is 0 Å². The van der Waals surface area contributed by atoms with Gasteiger partial charge >= 0.3 is 0 Å². The van der Waals surface area contributed by atoms with Gasteiger partial charge in [0.05, 0.1) is 21.6 Å². The Morgan fingerprint density at radius 3 is 2.59 bits per heavy atom. The molecule has 29 heavy (non-hydrogen) atoms. The van der Waals surface area contributed by atoms with Gasteiger partial charge < -0.3 is 5.11 Å². The SMILES string of the molecule is Cc1cccc(C(O)=Cc2nc3ccc(Cl)cc3c(=O)n2-c2ccccc2Cl)n1. The van der Waals surface area contributed by atoms with E-state index in [1.54, 1.807) is 54.6 Å². The molecule has 7 heteroatoms. The normalized spacial score (nSPS) is 11.8. The first-order valence-corrected chi connectivity index (χ1v) is 9.51. The highest BCUT2D eigenvalue weighted by molar-refractivity contribution is 6.32. The molecule has 0 fully saturated rings. The Morgan fingerprint density at radius 2 is 1.83 bits per heavy atom. The van der Waals surface area contributed by atoms with Gasteiger partial charge in [-0.15, -0.1) is 0 Å². The van der Waals surface area contributed by atoms with Crippen LogP contribution in [0.2, 0.25) is 10.0 Å². The van der Waals surface area contributed by atoms with Gasteiger partial charge in [-0.1, -0.05) is 41.4 Å². The minimum atomic E-state index is -0.346. The highest BCUT2D eigenvalue weighted by Gasteiger charge is 2.15. The first kappa shape index (κ1) is 19.2. The molecule has 144 valence electrons. The molecule has 0 atom stereocenters. The van der Waals surface area contributed by atoms with Crippen molar-refractivity contribution in [1.29, 1.82) is 0 Å². The fourth-order valence-corrected chi connectivity index (χ4v) is 3.41. The molecule has 4 aromatic rings. The van der Waals surface area contributed by atoms with Gasteiger partial charge in [0.25, 0.3) is 5.56 Å². The third-order valence-corrected chi connectivity index (χ3v) is 4.92. The predicted octanol–water partition coefficient (Wildman–Crippen LogP) is 5.45. The Balaban J connectivity index is 2.03. The second-order valence-electron chi connectivity index (χ2n) is 6.42. The molecule has 0 aliphatic heterocycles. The molecule has 0 spiro atoms. The van der Waals surface area contributed by atoms with Gasteiger partial charge in [0.15, 0.2) is 0 Å². The molecule has 0 saturated carbocycles. The number of aryl methyl sites for hydroxylation is 1. The molecule has 4 rings (SSSR count). The number of aromatic nitrogens is 3. The third kappa shape index (κ3) is 3.75. The van der Waals surface area contributed by atoms with Crippen molar-refractivity contribution in [2.45, 2.75) is 6.92 Å². The summed E-state index contributed by atoms with van der Waals surface area (Å²) < 4.78 is 1.35. The Kier molecular flexibility index (Phi) is 5.09. The van der Waals surface area contributed by atoms with Crippen molar-refractivity contribution in [2.24, 2.45) is 0 Å². The zero-order valence-corrected chi connectivity index (χ0v) is 16.8. The molecule has 2 aromatic heterocycles. The minimum Gasteiger partial charge on any atom is -0.506 e. The van der Waals surface area contributed by atoms with Crippen LogP contribution in [0, 0.1) is 6.92 Å². The van der Waals surface area contributed by atoms with E-state index in [1.165, 1.54) is 10.6 Å². The molecule has 2 heterocycles. The first-order chi connectivity index (χ1) is 13.9. The number of aliphatic hydroxyl groups excluding tert-OH is 1. The van der Waals surface area contributed by atoms with Crippen LogP contribution in [0.3, 0.4) is 0 Å². The van der Waals surface area contributed by atoms with E-state index in [-0.39, 0.29) is 17.1 Å². The highest BCUT2D eigenvalue weighted by atomic mass is 35.5. The summed E-state index contributed by atoms with van der Waals surface area (Å²) in [7, 11) is 0. The van der Waals surface area contributed by atoms with Crippen LogP contribution in [-0.4, -0.2) is 19.6 Å². The number of fused-ring (bicyclic) bond motifs is 1. The number of aliphatic hydroxyl groups is 1. The fourth-order valence-electron chi connectivity index (χ4n) is 3.02. The molecule has 0 bridgehead atoms. The van der Waals surface area contributed by atoms with Crippen molar-refractivity contribution in [1.82, 2.24) is 14.5 Å². The van der Waals surface area contributed by atoms with E-state index in [0.717, 1.165) is 5.69 Å². The van der Waals surface area contributed by atoms with Gasteiger partial charge in [0.2, 0.25) is 0 Å². The first-order valence-electron chi connectivity index (χ1n) is 8.76. The standard InChI is InChI=1S/C22H15Cl2N3O2/c1-13-5-4-7-18(25-13)20(28)12-21-26-17-10-9-14(23)11-15(17)22(29)27(21)19-8-3-2-6-16(19)24/h2-12,28H,1H3. The van der Waals surface area contributed by atoms with Gasteiger partial charge in [-0.25, -0.2) is 9.97 Å². The Bertz CT molecular complexity index is 1330. The molecule has 0 radical (unpaired) electrons. The second kappa shape index (κ2) is 7.70. The molecule has 0 aliphatic carbocycles. The monoisotopic (exact) mass is 423 g/mol. The largest absolute Gasteiger partial charge is 0.506 e. The van der Waals surface area contributed by atoms with Crippen molar-refractivity contribution in [3.63, 3.8) is 0 Å². The number of benzene rings is 2. The molecule has 2 aromatic carbocycles. The van der Waals surface area contributed by atoms with E-state index in [0.29, 0.717) is 32.3 Å². The summed E-state index contributed by atoms with van der Waals surface area (Å²) in [6.07, 6.45) is 1.40. The molecule has 1 N–H and O–H groups in total. The zero-order valence-electron chi connectivity index (χ0n) is 15.3. The lowest BCUT2D eigenvalue weighted by molar-refractivity contribution is 0.511. The summed E-state index contributed by atoms with van der Waals surface area (Å²) in [6, 6.07) is 17.1. The second-order valence-corrected chi connectivity index (χ2v) is 7.26. The lowest BCUT2D eigenvalue weighted by Gasteiger charge is -2.13. The molecule has 0 amide bonds. The summed E-state index contributed by atoms with van der Waals surface area (Å²) in [5, 5.41) is 11.8. The minimum absolute atomic E-state index is 0.116. The van der Waals surface area contributed by atoms with E-state index in [1.807, 2.05) is 13.0 Å². The number of nitrogens with zero attached hydrogens (tertiary/aromatic N) is 3. The highest BCUT2D eigenvalue weighted by Crippen LogP contribution is 2.24. The maximum Gasteiger partial charge on any atom is 0.266 e. The number of para-hydroxylation sites is 1. The predicted molar refractivity (Wildman–Crippen MR) is 117 cm³/mol. The van der Waals surface area contributed by atoms with Crippen LogP contribution in [0.4, 0.5) is 0 Å². The molecule has 0 saturated heterocycles. The topological polar surface area (TPSA) is 68.0 Å². The van der Waals surface area contributed by atoms with Gasteiger partial charge in [-0.05, 0) is 49.4 Å². The van der Waals surface area contributed by atoms with Crippen LogP contribution in [0.1, 0.15) is 17.2 Å². The lowest BCUT2D eigenvalue weighted by atomic mass is 10.2. The van der Waals surface area contributed by atoms with E-state index in [2.05, 4.69) is 9.97 Å². The van der Waals surface area contributed by atoms with Crippen molar-refractivity contribution < 1.29 is 5.11 Å². The molecule has 0 unspecified atom stereocenters. The molecular formula is C22H15Cl2N3O2. The summed E-state index contributed by atoms with van der Waals surface area (Å²) in [4.78, 5) is 22.2. The zero-order chi connectivity index (χ0) is 20.5. The lowest BCUT2D eigenvalue weighted by Crippen LogP contribution is -2.22. The Hall–Kier alpha value is -3.15. The van der Waals surface area contributed by atoms with Gasteiger partial charge in [0, 0.05) is 16.8 Å². The number of halogens is 2. The van der Waals surface area contributed by atoms with Crippen LogP contribution < -0.4 is 5.56 Å². The average molecular weight is 424 g/mol. The van der Waals surface area contributed by atoms with Crippen LogP contribution in [0.15, 0.2) is 65.5 Å². The molecule has 0 aliphatic rings. The van der Waals surface area contributed by atoms with Crippen LogP contribution in [-0.2, 0) is 0 Å². The number of hydrogen-bond acceptors (Lipinski definition) is 4. The summed E-state index contributed by atoms with van der Waals surface area (Å²) in [5.41, 5.74) is 1.69. The fraction of sp³-hybridized carbons (Fsp3) is 0.0455. The maximum absolute atomic E-state index is 13.3. The van der Waals surface area contributed by atoms with E-state index in [9.17, 15) is 9.90 Å². The summed E-state index contributed by atoms with van der Waals surface area (Å²) >= 11 is 12.4.